The molecular weight excluding hydrogens is 340 g/mol. The van der Waals surface area contributed by atoms with Gasteiger partial charge in [0.15, 0.2) is 9.84 Å². The van der Waals surface area contributed by atoms with Crippen LogP contribution >= 0.6 is 0 Å². The van der Waals surface area contributed by atoms with E-state index in [0.29, 0.717) is 10.8 Å². The van der Waals surface area contributed by atoms with Crippen molar-refractivity contribution >= 4 is 9.84 Å². The van der Waals surface area contributed by atoms with Gasteiger partial charge in [0.25, 0.3) is 0 Å². The lowest BCUT2D eigenvalue weighted by Crippen LogP contribution is -2.84. The van der Waals surface area contributed by atoms with Crippen LogP contribution < -0.4 is 0 Å². The van der Waals surface area contributed by atoms with E-state index in [-0.39, 0.29) is 5.75 Å². The van der Waals surface area contributed by atoms with Gasteiger partial charge >= 0.3 is 0 Å². The second kappa shape index (κ2) is 3.87. The summed E-state index contributed by atoms with van der Waals surface area (Å²) >= 11 is 0. The number of benzene rings is 1. The van der Waals surface area contributed by atoms with Crippen LogP contribution in [0.5, 0.6) is 0 Å². The van der Waals surface area contributed by atoms with Crippen LogP contribution in [0, 0.1) is 77.9 Å². The second-order valence-corrected chi connectivity index (χ2v) is 12.6. The van der Waals surface area contributed by atoms with Crippen LogP contribution in [-0.2, 0) is 9.84 Å². The molecule has 2 nitrogen and oxygen atoms in total. The van der Waals surface area contributed by atoms with Crippen LogP contribution in [0.1, 0.15) is 12.0 Å². The summed E-state index contributed by atoms with van der Waals surface area (Å²) < 4.78 is 25.7. The molecule has 0 aromatic heterocycles. The summed E-state index contributed by atoms with van der Waals surface area (Å²) in [6, 6.07) is 7.37. The van der Waals surface area contributed by atoms with Gasteiger partial charge in [0.2, 0.25) is 0 Å². The van der Waals surface area contributed by atoms with Gasteiger partial charge < -0.3 is 0 Å². The Morgan fingerprint density at radius 2 is 1.46 bits per heavy atom. The van der Waals surface area contributed by atoms with E-state index in [2.05, 4.69) is 6.08 Å². The molecule has 7 aliphatic carbocycles. The maximum absolute atomic E-state index is 12.8. The summed E-state index contributed by atoms with van der Waals surface area (Å²) in [6.45, 7) is 2.00. The van der Waals surface area contributed by atoms with Gasteiger partial charge in [-0.05, 0) is 96.5 Å². The van der Waals surface area contributed by atoms with Gasteiger partial charge in [-0.15, -0.1) is 0 Å². The van der Waals surface area contributed by atoms with Gasteiger partial charge in [-0.25, -0.2) is 8.42 Å². The molecular formula is C23H24O2S. The minimum Gasteiger partial charge on any atom is -0.223 e. The zero-order chi connectivity index (χ0) is 17.1. The van der Waals surface area contributed by atoms with Crippen LogP contribution in [0.15, 0.2) is 40.8 Å². The van der Waals surface area contributed by atoms with E-state index in [1.54, 1.807) is 18.6 Å². The average molecular weight is 365 g/mol. The average Bonchev–Trinajstić information content (AvgIpc) is 3.26. The molecule has 0 heterocycles. The lowest BCUT2D eigenvalue weighted by molar-refractivity contribution is -0.390. The fraction of sp³-hybridized carbons (Fsp3) is 0.652. The molecule has 7 aliphatic rings. The molecule has 0 bridgehead atoms. The number of hydrogen-bond acceptors (Lipinski definition) is 2. The van der Waals surface area contributed by atoms with E-state index in [1.807, 2.05) is 19.1 Å². The molecule has 1 aromatic carbocycles. The van der Waals surface area contributed by atoms with Gasteiger partial charge in [0.05, 0.1) is 10.6 Å². The first-order valence-electron chi connectivity index (χ1n) is 10.6. The fourth-order valence-corrected chi connectivity index (χ4v) is 10.7. The first-order chi connectivity index (χ1) is 12.6. The number of fused-ring (bicyclic) bond motifs is 16. The Morgan fingerprint density at radius 1 is 0.846 bits per heavy atom. The standard InChI is InChI=1S/C23H24O2S/c1-9-2-4-11(5-3-9)26(24,25)8-10-6-14-15(10)19-18(14)22-20-16-12-7-13(12)17(16)21(20)23(19)22/h2-6,12-23H,7-8H2,1H3. The van der Waals surface area contributed by atoms with Gasteiger partial charge in [0, 0.05) is 0 Å². The fourth-order valence-electron chi connectivity index (χ4n) is 9.27. The summed E-state index contributed by atoms with van der Waals surface area (Å²) in [5.74, 6) is 12.3. The van der Waals surface area contributed by atoms with Crippen molar-refractivity contribution in [2.24, 2.45) is 71.0 Å². The maximum atomic E-state index is 12.8. The zero-order valence-electron chi connectivity index (χ0n) is 15.0. The van der Waals surface area contributed by atoms with Crippen molar-refractivity contribution < 1.29 is 8.42 Å². The van der Waals surface area contributed by atoms with Crippen molar-refractivity contribution in [3.63, 3.8) is 0 Å². The SMILES string of the molecule is Cc1ccc(S(=O)(=O)CC2=CC3C2C2C3C3C4C5C6CC6C5C4C23)cc1. The molecule has 3 heteroatoms. The Labute approximate surface area is 155 Å². The molecule has 12 atom stereocenters. The molecule has 1 aromatic rings. The van der Waals surface area contributed by atoms with Crippen molar-refractivity contribution in [3.05, 3.63) is 41.5 Å². The number of allylic oxidation sites excluding steroid dienone is 1. The Kier molecular flexibility index (Phi) is 2.08. The molecule has 6 saturated carbocycles. The van der Waals surface area contributed by atoms with E-state index in [0.717, 1.165) is 70.7 Å². The van der Waals surface area contributed by atoms with E-state index < -0.39 is 9.84 Å². The van der Waals surface area contributed by atoms with Crippen molar-refractivity contribution in [2.75, 3.05) is 5.75 Å². The lowest BCUT2D eigenvalue weighted by atomic mass is 9.17. The Morgan fingerprint density at radius 3 is 2.15 bits per heavy atom. The lowest BCUT2D eigenvalue weighted by Gasteiger charge is -2.87. The first-order valence-corrected chi connectivity index (χ1v) is 12.2. The minimum absolute atomic E-state index is 0.267. The summed E-state index contributed by atoms with van der Waals surface area (Å²) in [6.07, 6.45) is 3.92. The summed E-state index contributed by atoms with van der Waals surface area (Å²) in [4.78, 5) is 0.495. The maximum Gasteiger partial charge on any atom is 0.182 e. The highest BCUT2D eigenvalue weighted by Gasteiger charge is 2.88. The molecule has 0 radical (unpaired) electrons. The molecule has 12 unspecified atom stereocenters. The van der Waals surface area contributed by atoms with Gasteiger partial charge in [0.1, 0.15) is 0 Å². The van der Waals surface area contributed by atoms with Crippen molar-refractivity contribution in [1.82, 2.24) is 0 Å². The molecule has 8 rings (SSSR count). The van der Waals surface area contributed by atoms with Crippen molar-refractivity contribution in [3.8, 4) is 0 Å². The summed E-state index contributed by atoms with van der Waals surface area (Å²) in [5.41, 5.74) is 2.37. The number of hydrogen-bond donors (Lipinski definition) is 0. The predicted octanol–water partition coefficient (Wildman–Crippen LogP) is 3.57. The van der Waals surface area contributed by atoms with Crippen molar-refractivity contribution in [2.45, 2.75) is 18.2 Å². The molecule has 0 amide bonds. The van der Waals surface area contributed by atoms with Gasteiger partial charge in [-0.1, -0.05) is 29.3 Å². The van der Waals surface area contributed by atoms with E-state index in [9.17, 15) is 8.42 Å². The Hall–Kier alpha value is -1.09. The van der Waals surface area contributed by atoms with Crippen molar-refractivity contribution in [1.29, 1.82) is 0 Å². The van der Waals surface area contributed by atoms with Crippen LogP contribution in [0.4, 0.5) is 0 Å². The normalized spacial score (nSPS) is 58.0. The molecule has 0 aliphatic heterocycles. The van der Waals surface area contributed by atoms with Crippen LogP contribution in [-0.4, -0.2) is 14.2 Å². The minimum atomic E-state index is -3.18. The van der Waals surface area contributed by atoms with Crippen LogP contribution in [0.2, 0.25) is 0 Å². The third-order valence-corrected chi connectivity index (χ3v) is 11.9. The molecule has 6 fully saturated rings. The highest BCUT2D eigenvalue weighted by atomic mass is 32.2. The molecule has 26 heavy (non-hydrogen) atoms. The smallest absolute Gasteiger partial charge is 0.182 e. The highest BCUT2D eigenvalue weighted by Crippen LogP contribution is 2.91. The molecule has 0 N–H and O–H groups in total. The zero-order valence-corrected chi connectivity index (χ0v) is 15.8. The van der Waals surface area contributed by atoms with E-state index in [4.69, 9.17) is 0 Å². The third kappa shape index (κ3) is 1.25. The second-order valence-electron chi connectivity index (χ2n) is 10.6. The highest BCUT2D eigenvalue weighted by molar-refractivity contribution is 7.91. The third-order valence-electron chi connectivity index (χ3n) is 10.2. The topological polar surface area (TPSA) is 34.1 Å². The monoisotopic (exact) mass is 364 g/mol. The first kappa shape index (κ1) is 14.0. The Bertz CT molecular complexity index is 1010. The molecule has 0 spiro atoms. The van der Waals surface area contributed by atoms with Gasteiger partial charge in [-0.3, -0.25) is 0 Å². The van der Waals surface area contributed by atoms with Gasteiger partial charge in [-0.2, -0.15) is 0 Å². The number of sulfone groups is 1. The van der Waals surface area contributed by atoms with E-state index >= 15 is 0 Å². The molecule has 134 valence electrons. The Balaban J connectivity index is 1.04. The largest absolute Gasteiger partial charge is 0.223 e. The van der Waals surface area contributed by atoms with E-state index in [1.165, 1.54) is 5.57 Å². The molecule has 0 saturated heterocycles. The predicted molar refractivity (Wildman–Crippen MR) is 97.8 cm³/mol. The van der Waals surface area contributed by atoms with Crippen LogP contribution in [0.25, 0.3) is 0 Å². The summed E-state index contributed by atoms with van der Waals surface area (Å²) in [7, 11) is -3.18. The number of aryl methyl sites for hydroxylation is 1. The number of rotatable bonds is 3. The quantitative estimate of drug-likeness (QED) is 0.607. The summed E-state index contributed by atoms with van der Waals surface area (Å²) in [5, 5.41) is 0. The van der Waals surface area contributed by atoms with Crippen LogP contribution in [0.3, 0.4) is 0 Å².